The zero-order valence-electron chi connectivity index (χ0n) is 10.9. The summed E-state index contributed by atoms with van der Waals surface area (Å²) < 4.78 is 4.59. The molecule has 6 heteroatoms. The van der Waals surface area contributed by atoms with E-state index in [9.17, 15) is 4.79 Å². The average molecular weight is 240 g/mol. The van der Waals surface area contributed by atoms with Gasteiger partial charge in [-0.3, -0.25) is 4.79 Å². The van der Waals surface area contributed by atoms with Crippen molar-refractivity contribution < 1.29 is 9.42 Å². The molecule has 0 radical (unpaired) electrons. The molecule has 0 aromatic carbocycles. The van der Waals surface area contributed by atoms with Crippen LogP contribution in [0.5, 0.6) is 0 Å². The Labute approximate surface area is 101 Å². The lowest BCUT2D eigenvalue weighted by molar-refractivity contribution is -0.132. The normalized spacial score (nSPS) is 12.5. The highest BCUT2D eigenvalue weighted by Gasteiger charge is 2.18. The van der Waals surface area contributed by atoms with Crippen LogP contribution in [0.15, 0.2) is 4.63 Å². The van der Waals surface area contributed by atoms with E-state index in [0.29, 0.717) is 6.54 Å². The van der Waals surface area contributed by atoms with E-state index in [0.717, 1.165) is 24.5 Å². The van der Waals surface area contributed by atoms with Crippen LogP contribution in [0.4, 0.5) is 0 Å². The van der Waals surface area contributed by atoms with Gasteiger partial charge in [-0.15, -0.1) is 0 Å². The highest BCUT2D eigenvalue weighted by atomic mass is 16.6. The fraction of sp³-hybridized carbons (Fsp3) is 0.727. The third kappa shape index (κ3) is 3.52. The minimum Gasteiger partial charge on any atom is -0.342 e. The van der Waals surface area contributed by atoms with Gasteiger partial charge in [-0.25, -0.2) is 4.63 Å². The van der Waals surface area contributed by atoms with Gasteiger partial charge in [-0.05, 0) is 27.7 Å². The number of amides is 1. The van der Waals surface area contributed by atoms with Crippen molar-refractivity contribution in [1.29, 1.82) is 0 Å². The molecule has 6 nitrogen and oxygen atoms in total. The number of aromatic nitrogens is 2. The van der Waals surface area contributed by atoms with Crippen LogP contribution in [0.3, 0.4) is 0 Å². The topological polar surface area (TPSA) is 71.3 Å². The minimum absolute atomic E-state index is 0.101. The highest BCUT2D eigenvalue weighted by Crippen LogP contribution is 2.01. The van der Waals surface area contributed by atoms with Gasteiger partial charge in [0.15, 0.2) is 0 Å². The van der Waals surface area contributed by atoms with E-state index >= 15 is 0 Å². The largest absolute Gasteiger partial charge is 0.342 e. The van der Waals surface area contributed by atoms with Crippen molar-refractivity contribution >= 4 is 5.91 Å². The van der Waals surface area contributed by atoms with Gasteiger partial charge in [-0.1, -0.05) is 10.3 Å². The Balaban J connectivity index is 2.47. The third-order valence-electron chi connectivity index (χ3n) is 2.77. The van der Waals surface area contributed by atoms with Gasteiger partial charge in [0.1, 0.15) is 11.4 Å². The highest BCUT2D eigenvalue weighted by molar-refractivity contribution is 5.81. The van der Waals surface area contributed by atoms with Crippen molar-refractivity contribution in [3.8, 4) is 0 Å². The summed E-state index contributed by atoms with van der Waals surface area (Å²) in [4.78, 5) is 13.8. The zero-order chi connectivity index (χ0) is 12.8. The monoisotopic (exact) mass is 240 g/mol. The molecular weight excluding hydrogens is 220 g/mol. The Morgan fingerprint density at radius 3 is 2.53 bits per heavy atom. The van der Waals surface area contributed by atoms with Crippen LogP contribution in [0.1, 0.15) is 32.2 Å². The second kappa shape index (κ2) is 6.34. The molecule has 0 aliphatic heterocycles. The minimum atomic E-state index is -0.231. The molecule has 0 spiro atoms. The summed E-state index contributed by atoms with van der Waals surface area (Å²) in [5.74, 6) is 0.101. The van der Waals surface area contributed by atoms with E-state index in [-0.39, 0.29) is 11.9 Å². The molecule has 0 saturated carbocycles. The molecule has 1 unspecified atom stereocenters. The summed E-state index contributed by atoms with van der Waals surface area (Å²) in [5, 5.41) is 10.6. The maximum Gasteiger partial charge on any atom is 0.239 e. The van der Waals surface area contributed by atoms with Crippen molar-refractivity contribution in [1.82, 2.24) is 20.5 Å². The van der Waals surface area contributed by atoms with Crippen LogP contribution in [0, 0.1) is 6.92 Å². The van der Waals surface area contributed by atoms with Crippen molar-refractivity contribution in [2.75, 3.05) is 13.1 Å². The first kappa shape index (κ1) is 13.6. The standard InChI is InChI=1S/C11H20N4O2/c1-5-15(6-2)11(16)9(4)12-7-10-8(3)13-17-14-10/h9,12H,5-7H2,1-4H3. The van der Waals surface area contributed by atoms with E-state index < -0.39 is 0 Å². The number of likely N-dealkylation sites (N-methyl/N-ethyl adjacent to an activating group) is 1. The summed E-state index contributed by atoms with van der Waals surface area (Å²) in [6, 6.07) is -0.231. The van der Waals surface area contributed by atoms with Gasteiger partial charge in [0.05, 0.1) is 6.04 Å². The quantitative estimate of drug-likeness (QED) is 0.793. The van der Waals surface area contributed by atoms with Crippen LogP contribution in [0.2, 0.25) is 0 Å². The third-order valence-corrected chi connectivity index (χ3v) is 2.77. The molecule has 0 aliphatic carbocycles. The predicted molar refractivity (Wildman–Crippen MR) is 63.3 cm³/mol. The number of nitrogens with one attached hydrogen (secondary N) is 1. The zero-order valence-corrected chi connectivity index (χ0v) is 10.9. The van der Waals surface area contributed by atoms with Gasteiger partial charge >= 0.3 is 0 Å². The molecule has 1 rings (SSSR count). The van der Waals surface area contributed by atoms with E-state index in [4.69, 9.17) is 0 Å². The number of hydrogen-bond acceptors (Lipinski definition) is 5. The SMILES string of the molecule is CCN(CC)C(=O)C(C)NCc1nonc1C. The molecule has 96 valence electrons. The lowest BCUT2D eigenvalue weighted by atomic mass is 10.2. The number of aryl methyl sites for hydroxylation is 1. The molecule has 0 aliphatic rings. The Kier molecular flexibility index (Phi) is 5.09. The molecule has 1 amide bonds. The second-order valence-electron chi connectivity index (χ2n) is 3.91. The van der Waals surface area contributed by atoms with Crippen LogP contribution in [-0.2, 0) is 11.3 Å². The number of hydrogen-bond donors (Lipinski definition) is 1. The lowest BCUT2D eigenvalue weighted by Crippen LogP contribution is -2.44. The number of nitrogens with zero attached hydrogens (tertiary/aromatic N) is 3. The van der Waals surface area contributed by atoms with Crippen molar-refractivity contribution in [2.24, 2.45) is 0 Å². The lowest BCUT2D eigenvalue weighted by Gasteiger charge is -2.23. The van der Waals surface area contributed by atoms with Crippen molar-refractivity contribution in [3.05, 3.63) is 11.4 Å². The average Bonchev–Trinajstić information content (AvgIpc) is 2.73. The van der Waals surface area contributed by atoms with Gasteiger partial charge < -0.3 is 10.2 Å². The molecule has 0 saturated heterocycles. The fourth-order valence-electron chi connectivity index (χ4n) is 1.56. The molecular formula is C11H20N4O2. The Hall–Kier alpha value is -1.43. The Morgan fingerprint density at radius 2 is 2.06 bits per heavy atom. The summed E-state index contributed by atoms with van der Waals surface area (Å²) in [6.45, 7) is 9.56. The number of rotatable bonds is 6. The second-order valence-corrected chi connectivity index (χ2v) is 3.91. The fourth-order valence-corrected chi connectivity index (χ4v) is 1.56. The summed E-state index contributed by atoms with van der Waals surface area (Å²) in [5.41, 5.74) is 1.49. The number of carbonyl (C=O) groups excluding carboxylic acids is 1. The predicted octanol–water partition coefficient (Wildman–Crippen LogP) is 0.725. The van der Waals surface area contributed by atoms with Gasteiger partial charge in [0.2, 0.25) is 5.91 Å². The smallest absolute Gasteiger partial charge is 0.239 e. The molecule has 1 aromatic heterocycles. The summed E-state index contributed by atoms with van der Waals surface area (Å²) >= 11 is 0. The van der Waals surface area contributed by atoms with Crippen molar-refractivity contribution in [2.45, 2.75) is 40.3 Å². The van der Waals surface area contributed by atoms with Crippen LogP contribution >= 0.6 is 0 Å². The first-order valence-corrected chi connectivity index (χ1v) is 5.90. The maximum absolute atomic E-state index is 12.0. The van der Waals surface area contributed by atoms with Crippen LogP contribution < -0.4 is 5.32 Å². The molecule has 0 fully saturated rings. The van der Waals surface area contributed by atoms with E-state index in [1.807, 2.05) is 27.7 Å². The van der Waals surface area contributed by atoms with Crippen molar-refractivity contribution in [3.63, 3.8) is 0 Å². The molecule has 1 aromatic rings. The Morgan fingerprint density at radius 1 is 1.41 bits per heavy atom. The summed E-state index contributed by atoms with van der Waals surface area (Å²) in [6.07, 6.45) is 0. The summed E-state index contributed by atoms with van der Waals surface area (Å²) in [7, 11) is 0. The molecule has 1 N–H and O–H groups in total. The number of carbonyl (C=O) groups is 1. The van der Waals surface area contributed by atoms with E-state index in [1.54, 1.807) is 4.90 Å². The van der Waals surface area contributed by atoms with Gasteiger partial charge in [0.25, 0.3) is 0 Å². The molecule has 17 heavy (non-hydrogen) atoms. The maximum atomic E-state index is 12.0. The van der Waals surface area contributed by atoms with E-state index in [2.05, 4.69) is 20.3 Å². The van der Waals surface area contributed by atoms with Crippen LogP contribution in [0.25, 0.3) is 0 Å². The Bertz CT molecular complexity index is 360. The van der Waals surface area contributed by atoms with E-state index in [1.165, 1.54) is 0 Å². The van der Waals surface area contributed by atoms with Gasteiger partial charge in [-0.2, -0.15) is 0 Å². The molecule has 0 bridgehead atoms. The molecule has 1 atom stereocenters. The molecule has 1 heterocycles. The van der Waals surface area contributed by atoms with Gasteiger partial charge in [0, 0.05) is 19.6 Å². The van der Waals surface area contributed by atoms with Crippen LogP contribution in [-0.4, -0.2) is 40.3 Å². The first-order valence-electron chi connectivity index (χ1n) is 5.90. The first-order chi connectivity index (χ1) is 8.10.